The topological polar surface area (TPSA) is 50.6 Å². The van der Waals surface area contributed by atoms with Crippen molar-refractivity contribution in [3.05, 3.63) is 17.5 Å². The highest BCUT2D eigenvalue weighted by Crippen LogP contribution is 2.14. The van der Waals surface area contributed by atoms with Gasteiger partial charge in [0, 0.05) is 32.7 Å². The molecule has 1 amide bonds. The second kappa shape index (κ2) is 5.30. The van der Waals surface area contributed by atoms with Gasteiger partial charge in [-0.1, -0.05) is 0 Å². The smallest absolute Gasteiger partial charge is 0.274 e. The minimum atomic E-state index is 0.0338. The zero-order valence-electron chi connectivity index (χ0n) is 11.3. The largest absolute Gasteiger partial charge is 0.378 e. The van der Waals surface area contributed by atoms with E-state index in [0.717, 1.165) is 31.7 Å². The minimum Gasteiger partial charge on any atom is -0.378 e. The Morgan fingerprint density at radius 2 is 2.05 bits per heavy atom. The summed E-state index contributed by atoms with van der Waals surface area (Å²) >= 11 is 0. The van der Waals surface area contributed by atoms with E-state index in [4.69, 9.17) is 4.74 Å². The number of hydrogen-bond donors (Lipinski definition) is 0. The Hall–Kier alpha value is -1.40. The molecule has 6 nitrogen and oxygen atoms in total. The summed E-state index contributed by atoms with van der Waals surface area (Å²) in [5.41, 5.74) is 1.71. The maximum absolute atomic E-state index is 12.4. The SMILES string of the molecule is CN1CCCn2nc(C(=O)N3CCOCC3)cc2C1. The van der Waals surface area contributed by atoms with Crippen molar-refractivity contribution in [2.75, 3.05) is 39.9 Å². The van der Waals surface area contributed by atoms with E-state index < -0.39 is 0 Å². The van der Waals surface area contributed by atoms with E-state index in [9.17, 15) is 4.79 Å². The third-order valence-corrected chi connectivity index (χ3v) is 3.72. The first-order valence-corrected chi connectivity index (χ1v) is 6.86. The quantitative estimate of drug-likeness (QED) is 0.726. The van der Waals surface area contributed by atoms with Crippen molar-refractivity contribution in [3.8, 4) is 0 Å². The van der Waals surface area contributed by atoms with Crippen LogP contribution in [0, 0.1) is 0 Å². The molecule has 0 spiro atoms. The normalized spacial score (nSPS) is 21.0. The number of ether oxygens (including phenoxy) is 1. The average Bonchev–Trinajstić information content (AvgIpc) is 2.74. The van der Waals surface area contributed by atoms with Gasteiger partial charge in [0.15, 0.2) is 5.69 Å². The van der Waals surface area contributed by atoms with Crippen molar-refractivity contribution >= 4 is 5.91 Å². The molecular formula is C13H20N4O2. The second-order valence-corrected chi connectivity index (χ2v) is 5.24. The van der Waals surface area contributed by atoms with Crippen LogP contribution in [0.5, 0.6) is 0 Å². The van der Waals surface area contributed by atoms with Crippen LogP contribution < -0.4 is 0 Å². The Morgan fingerprint density at radius 3 is 2.84 bits per heavy atom. The number of nitrogens with zero attached hydrogens (tertiary/aromatic N) is 4. The van der Waals surface area contributed by atoms with E-state index in [1.807, 2.05) is 15.6 Å². The van der Waals surface area contributed by atoms with Gasteiger partial charge in [0.2, 0.25) is 0 Å². The fourth-order valence-corrected chi connectivity index (χ4v) is 2.66. The van der Waals surface area contributed by atoms with Gasteiger partial charge in [-0.2, -0.15) is 5.10 Å². The van der Waals surface area contributed by atoms with Crippen LogP contribution in [0.15, 0.2) is 6.07 Å². The molecule has 19 heavy (non-hydrogen) atoms. The lowest BCUT2D eigenvalue weighted by Gasteiger charge is -2.25. The maximum Gasteiger partial charge on any atom is 0.274 e. The zero-order valence-corrected chi connectivity index (χ0v) is 11.3. The summed E-state index contributed by atoms with van der Waals surface area (Å²) in [7, 11) is 2.10. The minimum absolute atomic E-state index is 0.0338. The molecule has 0 aliphatic carbocycles. The van der Waals surface area contributed by atoms with E-state index in [2.05, 4.69) is 17.0 Å². The number of carbonyl (C=O) groups is 1. The maximum atomic E-state index is 12.4. The molecule has 1 saturated heterocycles. The molecular weight excluding hydrogens is 244 g/mol. The molecule has 0 atom stereocenters. The predicted molar refractivity (Wildman–Crippen MR) is 69.9 cm³/mol. The molecule has 0 bridgehead atoms. The Bertz CT molecular complexity index is 465. The Balaban J connectivity index is 1.78. The highest BCUT2D eigenvalue weighted by Gasteiger charge is 2.23. The summed E-state index contributed by atoms with van der Waals surface area (Å²) in [5.74, 6) is 0.0338. The standard InChI is InChI=1S/C13H20N4O2/c1-15-3-2-4-17-11(10-15)9-12(14-17)13(18)16-5-7-19-8-6-16/h9H,2-8,10H2,1H3. The molecule has 3 heterocycles. The average molecular weight is 264 g/mol. The molecule has 2 aliphatic rings. The summed E-state index contributed by atoms with van der Waals surface area (Å²) in [5, 5.41) is 4.48. The first-order chi connectivity index (χ1) is 9.24. The molecule has 0 unspecified atom stereocenters. The van der Waals surface area contributed by atoms with Crippen molar-refractivity contribution in [2.24, 2.45) is 0 Å². The first kappa shape index (κ1) is 12.6. The van der Waals surface area contributed by atoms with Crippen molar-refractivity contribution < 1.29 is 9.53 Å². The summed E-state index contributed by atoms with van der Waals surface area (Å²) < 4.78 is 7.25. The Labute approximate surface area is 112 Å². The zero-order chi connectivity index (χ0) is 13.2. The van der Waals surface area contributed by atoms with Crippen molar-refractivity contribution in [1.29, 1.82) is 0 Å². The van der Waals surface area contributed by atoms with Crippen LogP contribution >= 0.6 is 0 Å². The molecule has 2 aliphatic heterocycles. The van der Waals surface area contributed by atoms with Crippen LogP contribution in [0.4, 0.5) is 0 Å². The van der Waals surface area contributed by atoms with Gasteiger partial charge in [-0.25, -0.2) is 0 Å². The molecule has 0 saturated carbocycles. The molecule has 0 aromatic carbocycles. The third-order valence-electron chi connectivity index (χ3n) is 3.72. The number of morpholine rings is 1. The highest BCUT2D eigenvalue weighted by molar-refractivity contribution is 5.92. The molecule has 1 aromatic rings. The van der Waals surface area contributed by atoms with Gasteiger partial charge in [-0.3, -0.25) is 9.48 Å². The predicted octanol–water partition coefficient (Wildman–Crippen LogP) is 0.191. The van der Waals surface area contributed by atoms with Crippen LogP contribution in [0.1, 0.15) is 22.6 Å². The Kier molecular flexibility index (Phi) is 3.52. The van der Waals surface area contributed by atoms with E-state index in [0.29, 0.717) is 32.0 Å². The number of aromatic nitrogens is 2. The molecule has 6 heteroatoms. The number of fused-ring (bicyclic) bond motifs is 1. The van der Waals surface area contributed by atoms with Gasteiger partial charge < -0.3 is 14.5 Å². The highest BCUT2D eigenvalue weighted by atomic mass is 16.5. The van der Waals surface area contributed by atoms with E-state index in [-0.39, 0.29) is 5.91 Å². The fourth-order valence-electron chi connectivity index (χ4n) is 2.66. The van der Waals surface area contributed by atoms with Crippen molar-refractivity contribution in [1.82, 2.24) is 19.6 Å². The monoisotopic (exact) mass is 264 g/mol. The lowest BCUT2D eigenvalue weighted by Crippen LogP contribution is -2.40. The van der Waals surface area contributed by atoms with Gasteiger partial charge >= 0.3 is 0 Å². The number of amides is 1. The lowest BCUT2D eigenvalue weighted by molar-refractivity contribution is 0.0298. The molecule has 3 rings (SSSR count). The van der Waals surface area contributed by atoms with E-state index in [1.165, 1.54) is 0 Å². The van der Waals surface area contributed by atoms with Crippen LogP contribution in [-0.4, -0.2) is 65.4 Å². The van der Waals surface area contributed by atoms with Crippen LogP contribution in [0.3, 0.4) is 0 Å². The van der Waals surface area contributed by atoms with Crippen LogP contribution in [0.2, 0.25) is 0 Å². The number of carbonyl (C=O) groups excluding carboxylic acids is 1. The number of rotatable bonds is 1. The molecule has 1 fully saturated rings. The fraction of sp³-hybridized carbons (Fsp3) is 0.692. The van der Waals surface area contributed by atoms with Gasteiger partial charge in [0.25, 0.3) is 5.91 Å². The van der Waals surface area contributed by atoms with Gasteiger partial charge in [-0.05, 0) is 19.5 Å². The summed E-state index contributed by atoms with van der Waals surface area (Å²) in [6.45, 7) is 5.43. The van der Waals surface area contributed by atoms with Gasteiger partial charge in [-0.15, -0.1) is 0 Å². The van der Waals surface area contributed by atoms with Crippen molar-refractivity contribution in [3.63, 3.8) is 0 Å². The van der Waals surface area contributed by atoms with Crippen LogP contribution in [0.25, 0.3) is 0 Å². The molecule has 0 radical (unpaired) electrons. The molecule has 104 valence electrons. The van der Waals surface area contributed by atoms with Crippen molar-refractivity contribution in [2.45, 2.75) is 19.5 Å². The van der Waals surface area contributed by atoms with Gasteiger partial charge in [0.1, 0.15) is 0 Å². The number of hydrogen-bond acceptors (Lipinski definition) is 4. The molecule has 1 aromatic heterocycles. The lowest BCUT2D eigenvalue weighted by atomic mass is 10.3. The first-order valence-electron chi connectivity index (χ1n) is 6.86. The third kappa shape index (κ3) is 2.64. The van der Waals surface area contributed by atoms with Gasteiger partial charge in [0.05, 0.1) is 18.9 Å². The Morgan fingerprint density at radius 1 is 1.26 bits per heavy atom. The van der Waals surface area contributed by atoms with E-state index in [1.54, 1.807) is 0 Å². The summed E-state index contributed by atoms with van der Waals surface area (Å²) in [6, 6.07) is 1.94. The second-order valence-electron chi connectivity index (χ2n) is 5.24. The summed E-state index contributed by atoms with van der Waals surface area (Å²) in [4.78, 5) is 16.5. The number of aryl methyl sites for hydroxylation is 1. The van der Waals surface area contributed by atoms with Crippen LogP contribution in [-0.2, 0) is 17.8 Å². The van der Waals surface area contributed by atoms with E-state index >= 15 is 0 Å². The summed E-state index contributed by atoms with van der Waals surface area (Å²) in [6.07, 6.45) is 1.08. The molecule has 0 N–H and O–H groups in total.